The molecule has 2 aromatic heterocycles. The minimum absolute atomic E-state index is 0.00410. The molecule has 12 heteroatoms. The Morgan fingerprint density at radius 1 is 1.04 bits per heavy atom. The SMILES string of the molecule is CCC(=O)N1CCC(NC(=O)c2c(C)[nH]c3c(-c4c(OCC5CC5)ccc5c4OCO5)ncnc23)CC1.C[C@]12CC[C@@H]3c4ccc(O)cc4CC[C@H]3[C@@H]1CC[C@@H]2O. The lowest BCUT2D eigenvalue weighted by Crippen LogP contribution is -2.46. The van der Waals surface area contributed by atoms with Crippen LogP contribution in [-0.4, -0.2) is 80.5 Å². The Hall–Kier alpha value is -4.84. The fourth-order valence-electron chi connectivity index (χ4n) is 10.7. The van der Waals surface area contributed by atoms with Crippen LogP contribution in [0.5, 0.6) is 23.0 Å². The summed E-state index contributed by atoms with van der Waals surface area (Å²) in [7, 11) is 0. The smallest absolute Gasteiger partial charge is 0.255 e. The average Bonchev–Trinajstić information content (AvgIpc) is 3.67. The Labute approximate surface area is 333 Å². The minimum atomic E-state index is -0.184. The van der Waals surface area contributed by atoms with Gasteiger partial charge in [0.25, 0.3) is 5.91 Å². The van der Waals surface area contributed by atoms with Crippen molar-refractivity contribution >= 4 is 22.8 Å². The first-order valence-electron chi connectivity index (χ1n) is 21.1. The second kappa shape index (κ2) is 15.2. The average molecular weight is 778 g/mol. The predicted molar refractivity (Wildman–Crippen MR) is 214 cm³/mol. The van der Waals surface area contributed by atoms with Crippen LogP contribution < -0.4 is 19.5 Å². The number of piperidine rings is 1. The number of phenols is 1. The van der Waals surface area contributed by atoms with Crippen LogP contribution in [0.3, 0.4) is 0 Å². The van der Waals surface area contributed by atoms with Gasteiger partial charge >= 0.3 is 0 Å². The van der Waals surface area contributed by atoms with E-state index >= 15 is 0 Å². The van der Waals surface area contributed by atoms with Gasteiger partial charge in [-0.3, -0.25) is 9.59 Å². The molecule has 4 fully saturated rings. The Bertz CT molecular complexity index is 2170. The van der Waals surface area contributed by atoms with Crippen LogP contribution in [0.1, 0.15) is 111 Å². The molecular weight excluding hydrogens is 723 g/mol. The first kappa shape index (κ1) is 37.7. The number of carbonyl (C=O) groups is 2. The summed E-state index contributed by atoms with van der Waals surface area (Å²) in [6.07, 6.45) is 12.6. The summed E-state index contributed by atoms with van der Waals surface area (Å²) in [5.41, 5.74) is 6.69. The summed E-state index contributed by atoms with van der Waals surface area (Å²) in [5.74, 6) is 4.93. The van der Waals surface area contributed by atoms with Crippen molar-refractivity contribution in [2.45, 2.75) is 109 Å². The van der Waals surface area contributed by atoms with Crippen molar-refractivity contribution in [2.24, 2.45) is 23.2 Å². The number of H-pyrrole nitrogens is 1. The van der Waals surface area contributed by atoms with Gasteiger partial charge in [0.1, 0.15) is 29.0 Å². The van der Waals surface area contributed by atoms with E-state index in [-0.39, 0.29) is 36.2 Å². The molecule has 4 aromatic rings. The van der Waals surface area contributed by atoms with E-state index in [0.717, 1.165) is 38.0 Å². The molecule has 4 aliphatic carbocycles. The molecular formula is C45H55N5O7. The molecule has 0 radical (unpaired) electrons. The lowest BCUT2D eigenvalue weighted by Gasteiger charge is -2.50. The molecule has 6 aliphatic rings. The van der Waals surface area contributed by atoms with E-state index in [0.29, 0.717) is 100 Å². The normalized spacial score (nSPS) is 26.2. The maximum absolute atomic E-state index is 13.4. The van der Waals surface area contributed by atoms with Gasteiger partial charge in [-0.25, -0.2) is 9.97 Å². The number of likely N-dealkylation sites (tertiary alicyclic amines) is 1. The quantitative estimate of drug-likeness (QED) is 0.152. The number of hydrogen-bond acceptors (Lipinski definition) is 9. The highest BCUT2D eigenvalue weighted by atomic mass is 16.7. The van der Waals surface area contributed by atoms with Crippen molar-refractivity contribution in [2.75, 3.05) is 26.5 Å². The van der Waals surface area contributed by atoms with E-state index < -0.39 is 0 Å². The van der Waals surface area contributed by atoms with Gasteiger partial charge in [0, 0.05) is 31.2 Å². The minimum Gasteiger partial charge on any atom is -0.508 e. The number of aliphatic hydroxyl groups excluding tert-OH is 1. The molecule has 302 valence electrons. The third kappa shape index (κ3) is 6.97. The van der Waals surface area contributed by atoms with Crippen LogP contribution in [0.25, 0.3) is 22.3 Å². The molecule has 3 saturated carbocycles. The van der Waals surface area contributed by atoms with E-state index in [9.17, 15) is 19.8 Å². The van der Waals surface area contributed by atoms with Crippen molar-refractivity contribution in [3.8, 4) is 34.3 Å². The fourth-order valence-corrected chi connectivity index (χ4v) is 10.7. The van der Waals surface area contributed by atoms with Gasteiger partial charge in [-0.1, -0.05) is 19.9 Å². The van der Waals surface area contributed by atoms with Gasteiger partial charge < -0.3 is 39.6 Å². The molecule has 2 amide bonds. The number of fused-ring (bicyclic) bond motifs is 7. The van der Waals surface area contributed by atoms with E-state index in [4.69, 9.17) is 14.2 Å². The second-order valence-electron chi connectivity index (χ2n) is 17.4. The largest absolute Gasteiger partial charge is 0.508 e. The summed E-state index contributed by atoms with van der Waals surface area (Å²) in [6.45, 7) is 8.13. The third-order valence-electron chi connectivity index (χ3n) is 14.1. The zero-order valence-corrected chi connectivity index (χ0v) is 33.3. The number of aliphatic hydroxyl groups is 1. The molecule has 2 aromatic carbocycles. The fraction of sp³-hybridized carbons (Fsp3) is 0.556. The van der Waals surface area contributed by atoms with Crippen molar-refractivity contribution in [3.63, 3.8) is 0 Å². The molecule has 4 N–H and O–H groups in total. The maximum Gasteiger partial charge on any atom is 0.255 e. The Morgan fingerprint density at radius 2 is 1.86 bits per heavy atom. The molecule has 57 heavy (non-hydrogen) atoms. The number of hydrogen-bond donors (Lipinski definition) is 4. The zero-order chi connectivity index (χ0) is 39.4. The van der Waals surface area contributed by atoms with Crippen molar-refractivity contribution in [3.05, 3.63) is 59.0 Å². The third-order valence-corrected chi connectivity index (χ3v) is 14.1. The number of carbonyl (C=O) groups excluding carboxylic acids is 2. The topological polar surface area (TPSA) is 159 Å². The number of ether oxygens (including phenoxy) is 3. The summed E-state index contributed by atoms with van der Waals surface area (Å²) in [5, 5.41) is 23.2. The van der Waals surface area contributed by atoms with E-state index in [1.54, 1.807) is 0 Å². The number of aromatic hydroxyl groups is 1. The number of nitrogens with zero attached hydrogens (tertiary/aromatic N) is 3. The molecule has 12 nitrogen and oxygen atoms in total. The number of aromatic nitrogens is 3. The van der Waals surface area contributed by atoms with Crippen LogP contribution in [0.2, 0.25) is 0 Å². The monoisotopic (exact) mass is 777 g/mol. The highest BCUT2D eigenvalue weighted by molar-refractivity contribution is 6.09. The van der Waals surface area contributed by atoms with E-state index in [2.05, 4.69) is 33.3 Å². The Balaban J connectivity index is 0.000000177. The molecule has 10 rings (SSSR count). The van der Waals surface area contributed by atoms with Crippen LogP contribution in [-0.2, 0) is 11.2 Å². The van der Waals surface area contributed by atoms with Gasteiger partial charge in [-0.05, 0) is 136 Å². The lowest BCUT2D eigenvalue weighted by atomic mass is 9.55. The first-order valence-corrected chi connectivity index (χ1v) is 21.1. The van der Waals surface area contributed by atoms with Crippen LogP contribution in [0.15, 0.2) is 36.7 Å². The number of aryl methyl sites for hydroxylation is 2. The number of benzene rings is 2. The zero-order valence-electron chi connectivity index (χ0n) is 33.3. The van der Waals surface area contributed by atoms with Crippen LogP contribution in [0.4, 0.5) is 0 Å². The van der Waals surface area contributed by atoms with Gasteiger partial charge in [-0.15, -0.1) is 0 Å². The summed E-state index contributed by atoms with van der Waals surface area (Å²) < 4.78 is 17.6. The van der Waals surface area contributed by atoms with Gasteiger partial charge in [-0.2, -0.15) is 0 Å². The highest BCUT2D eigenvalue weighted by Gasteiger charge is 2.54. The number of aromatic amines is 1. The van der Waals surface area contributed by atoms with Gasteiger partial charge in [0.15, 0.2) is 11.5 Å². The Kier molecular flexibility index (Phi) is 10.0. The molecule has 1 saturated heterocycles. The van der Waals surface area contributed by atoms with Crippen molar-refractivity contribution in [1.29, 1.82) is 0 Å². The van der Waals surface area contributed by atoms with E-state index in [1.807, 2.05) is 43.0 Å². The lowest BCUT2D eigenvalue weighted by molar-refractivity contribution is -0.131. The summed E-state index contributed by atoms with van der Waals surface area (Å²) >= 11 is 0. The maximum atomic E-state index is 13.4. The standard InChI is InChI=1S/C27H31N5O5.C18H24O2/c1-3-20(33)32-10-8-17(9-11-32)31-27(34)21-15(2)30-25-23(21)28-13-29-24(25)22-18(35-12-16-4-5-16)6-7-19-26(22)37-14-36-19;1-18-9-8-14-13-5-3-12(19)10-11(13)2-4-15(14)16(18)6-7-17(18)20/h6-7,13,16-17,30H,3-5,8-12,14H2,1-2H3,(H,31,34);3,5,10,14-17,19-20H,2,4,6-9H2,1H3/t;14-,15-,16+,17+,18+/m.1/s1. The van der Waals surface area contributed by atoms with Gasteiger partial charge in [0.05, 0.1) is 29.4 Å². The number of amides is 2. The van der Waals surface area contributed by atoms with Gasteiger partial charge in [0.2, 0.25) is 12.7 Å². The second-order valence-corrected chi connectivity index (χ2v) is 17.4. The molecule has 5 atom stereocenters. The predicted octanol–water partition coefficient (Wildman–Crippen LogP) is 7.19. The summed E-state index contributed by atoms with van der Waals surface area (Å²) in [4.78, 5) is 39.7. The summed E-state index contributed by atoms with van der Waals surface area (Å²) in [6, 6.07) is 9.70. The van der Waals surface area contributed by atoms with Crippen LogP contribution >= 0.6 is 0 Å². The molecule has 4 heterocycles. The molecule has 2 aliphatic heterocycles. The molecule has 0 unspecified atom stereocenters. The van der Waals surface area contributed by atoms with Crippen molar-refractivity contribution < 1.29 is 34.0 Å². The molecule has 0 spiro atoms. The number of phenolic OH excluding ortho intramolecular Hbond substituents is 1. The first-order chi connectivity index (χ1) is 27.6. The number of rotatable bonds is 7. The molecule has 0 bridgehead atoms. The van der Waals surface area contributed by atoms with Crippen LogP contribution in [0, 0.1) is 30.1 Å². The highest BCUT2D eigenvalue weighted by Crippen LogP contribution is 2.61. The van der Waals surface area contributed by atoms with Crippen molar-refractivity contribution in [1.82, 2.24) is 25.2 Å². The number of nitrogens with one attached hydrogen (secondary N) is 2. The van der Waals surface area contributed by atoms with E-state index in [1.165, 1.54) is 49.6 Å². The Morgan fingerprint density at radius 3 is 2.65 bits per heavy atom.